The summed E-state index contributed by atoms with van der Waals surface area (Å²) in [5.41, 5.74) is 4.69. The third-order valence-electron chi connectivity index (χ3n) is 4.35. The predicted octanol–water partition coefficient (Wildman–Crippen LogP) is 4.79. The number of rotatable bonds is 0. The lowest BCUT2D eigenvalue weighted by Crippen LogP contribution is -1.90. The summed E-state index contributed by atoms with van der Waals surface area (Å²) in [5, 5.41) is 5.66. The van der Waals surface area contributed by atoms with Crippen molar-refractivity contribution in [2.45, 2.75) is 26.2 Å². The minimum absolute atomic E-state index is 1.26. The molecule has 1 aliphatic carbocycles. The van der Waals surface area contributed by atoms with Crippen LogP contribution in [0.2, 0.25) is 0 Å². The van der Waals surface area contributed by atoms with Crippen LogP contribution in [0.5, 0.6) is 0 Å². The van der Waals surface area contributed by atoms with Crippen LogP contribution in [0.1, 0.15) is 23.1 Å². The normalized spacial score (nSPS) is 14.3. The Balaban J connectivity index is 2.24. The Hall–Kier alpha value is -1.82. The van der Waals surface area contributed by atoms with E-state index in [4.69, 9.17) is 0 Å². The zero-order chi connectivity index (χ0) is 12.1. The summed E-state index contributed by atoms with van der Waals surface area (Å²) in [7, 11) is 0. The smallest absolute Gasteiger partial charge is 0.00998 e. The molecule has 1 aliphatic rings. The second-order valence-corrected chi connectivity index (χ2v) is 5.39. The Kier molecular flexibility index (Phi) is 2.02. The van der Waals surface area contributed by atoms with E-state index in [1.54, 1.807) is 11.1 Å². The molecule has 0 aliphatic heterocycles. The molecule has 0 fully saturated rings. The van der Waals surface area contributed by atoms with Crippen LogP contribution in [0, 0.1) is 6.92 Å². The molecular formula is C18H16. The zero-order valence-electron chi connectivity index (χ0n) is 10.7. The molecule has 0 amide bonds. The van der Waals surface area contributed by atoms with Gasteiger partial charge in [-0.3, -0.25) is 0 Å². The first kappa shape index (κ1) is 10.1. The molecule has 0 unspecified atom stereocenters. The molecule has 88 valence electrons. The molecule has 0 nitrogen and oxygen atoms in total. The van der Waals surface area contributed by atoms with E-state index < -0.39 is 0 Å². The Labute approximate surface area is 107 Å². The van der Waals surface area contributed by atoms with Gasteiger partial charge in [0.05, 0.1) is 0 Å². The van der Waals surface area contributed by atoms with Crippen molar-refractivity contribution in [1.82, 2.24) is 0 Å². The van der Waals surface area contributed by atoms with Gasteiger partial charge in [-0.05, 0) is 64.4 Å². The van der Waals surface area contributed by atoms with Gasteiger partial charge in [-0.2, -0.15) is 0 Å². The van der Waals surface area contributed by atoms with Crippen molar-refractivity contribution in [3.8, 4) is 0 Å². The van der Waals surface area contributed by atoms with Gasteiger partial charge in [0, 0.05) is 0 Å². The molecule has 18 heavy (non-hydrogen) atoms. The fourth-order valence-electron chi connectivity index (χ4n) is 3.49. The molecule has 0 aromatic heterocycles. The Bertz CT molecular complexity index is 766. The summed E-state index contributed by atoms with van der Waals surface area (Å²) in [6.45, 7) is 2.27. The maximum Gasteiger partial charge on any atom is -0.00998 e. The lowest BCUT2D eigenvalue weighted by Gasteiger charge is -2.11. The van der Waals surface area contributed by atoms with Crippen molar-refractivity contribution in [2.24, 2.45) is 0 Å². The molecule has 3 aromatic carbocycles. The zero-order valence-corrected chi connectivity index (χ0v) is 10.7. The third-order valence-corrected chi connectivity index (χ3v) is 4.35. The van der Waals surface area contributed by atoms with E-state index >= 15 is 0 Å². The minimum atomic E-state index is 1.26. The molecule has 4 rings (SSSR count). The van der Waals surface area contributed by atoms with E-state index in [1.807, 2.05) is 0 Å². The lowest BCUT2D eigenvalue weighted by atomic mass is 9.93. The quantitative estimate of drug-likeness (QED) is 0.489. The summed E-state index contributed by atoms with van der Waals surface area (Å²) in [6, 6.07) is 15.7. The minimum Gasteiger partial charge on any atom is -0.0616 e. The Morgan fingerprint density at radius 3 is 2.56 bits per heavy atom. The van der Waals surface area contributed by atoms with Crippen LogP contribution in [0.4, 0.5) is 0 Å². The average molecular weight is 232 g/mol. The summed E-state index contributed by atoms with van der Waals surface area (Å²) >= 11 is 0. The molecule has 0 N–H and O–H groups in total. The van der Waals surface area contributed by atoms with Crippen LogP contribution in [0.3, 0.4) is 0 Å². The van der Waals surface area contributed by atoms with Crippen molar-refractivity contribution < 1.29 is 0 Å². The second kappa shape index (κ2) is 3.58. The van der Waals surface area contributed by atoms with E-state index in [2.05, 4.69) is 49.4 Å². The Morgan fingerprint density at radius 2 is 1.61 bits per heavy atom. The first-order chi connectivity index (χ1) is 8.84. The van der Waals surface area contributed by atoms with E-state index in [1.165, 1.54) is 46.4 Å². The number of benzene rings is 3. The molecule has 3 aromatic rings. The summed E-state index contributed by atoms with van der Waals surface area (Å²) in [4.78, 5) is 0. The van der Waals surface area contributed by atoms with Crippen LogP contribution in [-0.4, -0.2) is 0 Å². The fourth-order valence-corrected chi connectivity index (χ4v) is 3.49. The maximum absolute atomic E-state index is 2.39. The molecule has 0 heteroatoms. The van der Waals surface area contributed by atoms with Crippen LogP contribution in [-0.2, 0) is 12.8 Å². The first-order valence-corrected chi connectivity index (χ1v) is 6.77. The van der Waals surface area contributed by atoms with Gasteiger partial charge >= 0.3 is 0 Å². The van der Waals surface area contributed by atoms with Gasteiger partial charge in [0.25, 0.3) is 0 Å². The highest BCUT2D eigenvalue weighted by atomic mass is 14.2. The average Bonchev–Trinajstić information content (AvgIpc) is 2.89. The molecule has 0 spiro atoms. The number of hydrogen-bond acceptors (Lipinski definition) is 0. The van der Waals surface area contributed by atoms with Gasteiger partial charge in [-0.25, -0.2) is 0 Å². The van der Waals surface area contributed by atoms with Crippen LogP contribution < -0.4 is 0 Å². The summed E-state index contributed by atoms with van der Waals surface area (Å²) < 4.78 is 0. The van der Waals surface area contributed by atoms with Crippen molar-refractivity contribution in [1.29, 1.82) is 0 Å². The Morgan fingerprint density at radius 1 is 0.778 bits per heavy atom. The molecule has 0 saturated heterocycles. The molecule has 0 atom stereocenters. The molecule has 0 saturated carbocycles. The highest BCUT2D eigenvalue weighted by Gasteiger charge is 2.17. The van der Waals surface area contributed by atoms with Crippen LogP contribution >= 0.6 is 0 Å². The van der Waals surface area contributed by atoms with Gasteiger partial charge in [0.1, 0.15) is 0 Å². The first-order valence-electron chi connectivity index (χ1n) is 6.77. The van der Waals surface area contributed by atoms with E-state index in [-0.39, 0.29) is 0 Å². The van der Waals surface area contributed by atoms with Crippen molar-refractivity contribution in [3.63, 3.8) is 0 Å². The number of hydrogen-bond donors (Lipinski definition) is 0. The predicted molar refractivity (Wildman–Crippen MR) is 78.2 cm³/mol. The van der Waals surface area contributed by atoms with E-state index in [0.29, 0.717) is 0 Å². The van der Waals surface area contributed by atoms with Gasteiger partial charge in [0.15, 0.2) is 0 Å². The van der Waals surface area contributed by atoms with Gasteiger partial charge in [0.2, 0.25) is 0 Å². The topological polar surface area (TPSA) is 0 Å². The fraction of sp³-hybridized carbons (Fsp3) is 0.222. The highest BCUT2D eigenvalue weighted by Crippen LogP contribution is 2.35. The van der Waals surface area contributed by atoms with Crippen molar-refractivity contribution in [3.05, 3.63) is 59.2 Å². The molecule has 0 heterocycles. The van der Waals surface area contributed by atoms with Crippen molar-refractivity contribution >= 4 is 21.5 Å². The standard InChI is InChI=1S/C18H16/c1-12-11-18-15-6-3-2-5-13(15)9-10-17(18)16-8-4-7-14(12)16/h2-3,5-6,9-11H,4,7-8H2,1H3. The SMILES string of the molecule is Cc1cc2c(ccc3ccccc32)c2c1CCC2. The molecular weight excluding hydrogens is 216 g/mol. The molecule has 0 radical (unpaired) electrons. The number of aryl methyl sites for hydroxylation is 2. The van der Waals surface area contributed by atoms with Crippen LogP contribution in [0.15, 0.2) is 42.5 Å². The van der Waals surface area contributed by atoms with Gasteiger partial charge < -0.3 is 0 Å². The molecule has 0 bridgehead atoms. The highest BCUT2D eigenvalue weighted by molar-refractivity contribution is 6.09. The van der Waals surface area contributed by atoms with Gasteiger partial charge in [-0.15, -0.1) is 0 Å². The van der Waals surface area contributed by atoms with E-state index in [9.17, 15) is 0 Å². The lowest BCUT2D eigenvalue weighted by molar-refractivity contribution is 0.911. The summed E-state index contributed by atoms with van der Waals surface area (Å²) in [5.74, 6) is 0. The summed E-state index contributed by atoms with van der Waals surface area (Å²) in [6.07, 6.45) is 3.85. The van der Waals surface area contributed by atoms with Crippen molar-refractivity contribution in [2.75, 3.05) is 0 Å². The largest absolute Gasteiger partial charge is 0.0616 e. The van der Waals surface area contributed by atoms with Gasteiger partial charge in [-0.1, -0.05) is 42.5 Å². The maximum atomic E-state index is 2.39. The monoisotopic (exact) mass is 232 g/mol. The van der Waals surface area contributed by atoms with E-state index in [0.717, 1.165) is 0 Å². The third kappa shape index (κ3) is 1.26. The van der Waals surface area contributed by atoms with Crippen LogP contribution in [0.25, 0.3) is 21.5 Å². The second-order valence-electron chi connectivity index (χ2n) is 5.39. The number of fused-ring (bicyclic) bond motifs is 5.